The first-order valence-corrected chi connectivity index (χ1v) is 7.97. The molecule has 1 saturated heterocycles. The quantitative estimate of drug-likeness (QED) is 0.821. The van der Waals surface area contributed by atoms with E-state index in [4.69, 9.17) is 4.74 Å². The van der Waals surface area contributed by atoms with Crippen LogP contribution >= 0.6 is 15.9 Å². The fraction of sp³-hybridized carbons (Fsp3) is 0.375. The van der Waals surface area contributed by atoms with Gasteiger partial charge in [-0.25, -0.2) is 4.68 Å². The lowest BCUT2D eigenvalue weighted by atomic mass is 9.93. The van der Waals surface area contributed by atoms with Gasteiger partial charge in [-0.15, -0.1) is 0 Å². The smallest absolute Gasteiger partial charge is 0.282 e. The lowest BCUT2D eigenvalue weighted by Gasteiger charge is -2.42. The van der Waals surface area contributed by atoms with E-state index in [2.05, 4.69) is 45.0 Å². The molecule has 22 heavy (non-hydrogen) atoms. The minimum atomic E-state index is -0.403. The van der Waals surface area contributed by atoms with Gasteiger partial charge in [-0.05, 0) is 28.4 Å². The van der Waals surface area contributed by atoms with Crippen LogP contribution in [0, 0.1) is 0 Å². The Kier molecular flexibility index (Phi) is 4.06. The summed E-state index contributed by atoms with van der Waals surface area (Å²) in [6.45, 7) is 4.09. The summed E-state index contributed by atoms with van der Waals surface area (Å²) >= 11 is 3.40. The molecule has 0 N–H and O–H groups in total. The van der Waals surface area contributed by atoms with Gasteiger partial charge < -0.3 is 9.64 Å². The molecule has 0 aliphatic carbocycles. The van der Waals surface area contributed by atoms with E-state index in [9.17, 15) is 4.79 Å². The fourth-order valence-electron chi connectivity index (χ4n) is 2.76. The van der Waals surface area contributed by atoms with Crippen LogP contribution in [0.4, 0.5) is 5.69 Å². The first kappa shape index (κ1) is 15.2. The fourth-order valence-corrected chi connectivity index (χ4v) is 3.37. The molecule has 2 aromatic rings. The lowest BCUT2D eigenvalue weighted by Crippen LogP contribution is -2.49. The van der Waals surface area contributed by atoms with Crippen molar-refractivity contribution in [3.05, 3.63) is 56.9 Å². The maximum Gasteiger partial charge on any atom is 0.282 e. The van der Waals surface area contributed by atoms with Crippen molar-refractivity contribution < 1.29 is 4.74 Å². The van der Waals surface area contributed by atoms with Crippen LogP contribution in [0.3, 0.4) is 0 Å². The highest BCUT2D eigenvalue weighted by Crippen LogP contribution is 2.33. The second-order valence-electron chi connectivity index (χ2n) is 5.64. The third-order valence-corrected chi connectivity index (χ3v) is 4.80. The van der Waals surface area contributed by atoms with E-state index in [0.29, 0.717) is 17.6 Å². The number of hydrogen-bond donors (Lipinski definition) is 0. The predicted molar refractivity (Wildman–Crippen MR) is 89.1 cm³/mol. The second kappa shape index (κ2) is 5.85. The lowest BCUT2D eigenvalue weighted by molar-refractivity contribution is -0.0466. The van der Waals surface area contributed by atoms with Crippen LogP contribution in [0.25, 0.3) is 0 Å². The molecule has 1 unspecified atom stereocenters. The Morgan fingerprint density at radius 1 is 1.32 bits per heavy atom. The Hall–Kier alpha value is -1.66. The maximum atomic E-state index is 12.1. The largest absolute Gasteiger partial charge is 0.367 e. The Bertz CT molecular complexity index is 732. The van der Waals surface area contributed by atoms with E-state index in [0.717, 1.165) is 17.8 Å². The number of hydrogen-bond acceptors (Lipinski definition) is 4. The SMILES string of the molecule is Cn1ncc(N2CCOC(C)(c3ccccc3)C2)c(Br)c1=O. The molecule has 1 aliphatic rings. The second-order valence-corrected chi connectivity index (χ2v) is 6.43. The molecule has 1 aliphatic heterocycles. The Morgan fingerprint density at radius 2 is 2.05 bits per heavy atom. The Balaban J connectivity index is 1.94. The summed E-state index contributed by atoms with van der Waals surface area (Å²) in [5.41, 5.74) is 1.41. The molecule has 0 amide bonds. The zero-order valence-electron chi connectivity index (χ0n) is 12.6. The zero-order chi connectivity index (χ0) is 15.7. The highest BCUT2D eigenvalue weighted by atomic mass is 79.9. The summed E-state index contributed by atoms with van der Waals surface area (Å²) in [7, 11) is 1.64. The summed E-state index contributed by atoms with van der Waals surface area (Å²) in [6.07, 6.45) is 1.72. The molecule has 2 heterocycles. The Labute approximate surface area is 137 Å². The monoisotopic (exact) mass is 363 g/mol. The molecule has 1 aromatic carbocycles. The summed E-state index contributed by atoms with van der Waals surface area (Å²) in [5, 5.41) is 4.13. The minimum absolute atomic E-state index is 0.134. The number of rotatable bonds is 2. The van der Waals surface area contributed by atoms with Crippen LogP contribution in [-0.2, 0) is 17.4 Å². The number of anilines is 1. The molecule has 116 valence electrons. The van der Waals surface area contributed by atoms with E-state index < -0.39 is 5.60 Å². The molecule has 0 bridgehead atoms. The first-order chi connectivity index (χ1) is 10.5. The molecule has 1 aromatic heterocycles. The molecular formula is C16H18BrN3O2. The summed E-state index contributed by atoms with van der Waals surface area (Å²) < 4.78 is 7.90. The van der Waals surface area contributed by atoms with Gasteiger partial charge in [-0.3, -0.25) is 4.79 Å². The van der Waals surface area contributed by atoms with Gasteiger partial charge >= 0.3 is 0 Å². The minimum Gasteiger partial charge on any atom is -0.367 e. The van der Waals surface area contributed by atoms with Crippen LogP contribution in [0.1, 0.15) is 12.5 Å². The molecule has 6 heteroatoms. The average molecular weight is 364 g/mol. The maximum absolute atomic E-state index is 12.1. The van der Waals surface area contributed by atoms with Crippen molar-refractivity contribution in [1.29, 1.82) is 0 Å². The van der Waals surface area contributed by atoms with Gasteiger partial charge in [-0.1, -0.05) is 30.3 Å². The van der Waals surface area contributed by atoms with Crippen molar-refractivity contribution >= 4 is 21.6 Å². The van der Waals surface area contributed by atoms with E-state index in [1.165, 1.54) is 4.68 Å². The zero-order valence-corrected chi connectivity index (χ0v) is 14.2. The molecule has 1 fully saturated rings. The first-order valence-electron chi connectivity index (χ1n) is 7.17. The number of ether oxygens (including phenoxy) is 1. The third kappa shape index (κ3) is 2.68. The van der Waals surface area contributed by atoms with Gasteiger partial charge in [0.05, 0.1) is 25.0 Å². The van der Waals surface area contributed by atoms with Crippen molar-refractivity contribution in [2.24, 2.45) is 7.05 Å². The van der Waals surface area contributed by atoms with Crippen molar-refractivity contribution in [3.8, 4) is 0 Å². The van der Waals surface area contributed by atoms with Gasteiger partial charge in [-0.2, -0.15) is 5.10 Å². The third-order valence-electron chi connectivity index (χ3n) is 4.06. The summed E-state index contributed by atoms with van der Waals surface area (Å²) in [6, 6.07) is 10.2. The van der Waals surface area contributed by atoms with Crippen molar-refractivity contribution in [2.75, 3.05) is 24.6 Å². The van der Waals surface area contributed by atoms with Gasteiger partial charge in [0.2, 0.25) is 0 Å². The molecular weight excluding hydrogens is 346 g/mol. The highest BCUT2D eigenvalue weighted by molar-refractivity contribution is 9.10. The number of nitrogens with zero attached hydrogens (tertiary/aromatic N) is 3. The van der Waals surface area contributed by atoms with Crippen molar-refractivity contribution in [1.82, 2.24) is 9.78 Å². The van der Waals surface area contributed by atoms with Crippen molar-refractivity contribution in [3.63, 3.8) is 0 Å². The number of benzene rings is 1. The van der Waals surface area contributed by atoms with Crippen LogP contribution in [0.2, 0.25) is 0 Å². The number of halogens is 1. The molecule has 5 nitrogen and oxygen atoms in total. The van der Waals surface area contributed by atoms with E-state index in [1.807, 2.05) is 18.2 Å². The molecule has 3 rings (SSSR count). The number of morpholine rings is 1. The van der Waals surface area contributed by atoms with E-state index in [-0.39, 0.29) is 5.56 Å². The van der Waals surface area contributed by atoms with Crippen LogP contribution in [0.5, 0.6) is 0 Å². The van der Waals surface area contributed by atoms with Gasteiger partial charge in [0.15, 0.2) is 0 Å². The van der Waals surface area contributed by atoms with Crippen LogP contribution in [-0.4, -0.2) is 29.5 Å². The molecule has 0 saturated carbocycles. The van der Waals surface area contributed by atoms with Crippen LogP contribution < -0.4 is 10.5 Å². The topological polar surface area (TPSA) is 47.4 Å². The van der Waals surface area contributed by atoms with Gasteiger partial charge in [0.1, 0.15) is 10.1 Å². The number of aromatic nitrogens is 2. The standard InChI is InChI=1S/C16H18BrN3O2/c1-16(12-6-4-3-5-7-12)11-20(8-9-22-16)13-10-18-19(2)15(21)14(13)17/h3-7,10H,8-9,11H2,1-2H3. The summed E-state index contributed by atoms with van der Waals surface area (Å²) in [4.78, 5) is 14.2. The normalized spacial score (nSPS) is 21.9. The van der Waals surface area contributed by atoms with Gasteiger partial charge in [0.25, 0.3) is 5.56 Å². The van der Waals surface area contributed by atoms with Gasteiger partial charge in [0, 0.05) is 13.6 Å². The predicted octanol–water partition coefficient (Wildman–Crippen LogP) is 2.29. The summed E-state index contributed by atoms with van der Waals surface area (Å²) in [5.74, 6) is 0. The van der Waals surface area contributed by atoms with Crippen molar-refractivity contribution in [2.45, 2.75) is 12.5 Å². The van der Waals surface area contributed by atoms with E-state index >= 15 is 0 Å². The molecule has 1 atom stereocenters. The number of aryl methyl sites for hydroxylation is 1. The van der Waals surface area contributed by atoms with E-state index in [1.54, 1.807) is 13.2 Å². The molecule has 0 radical (unpaired) electrons. The highest BCUT2D eigenvalue weighted by Gasteiger charge is 2.34. The Morgan fingerprint density at radius 3 is 2.77 bits per heavy atom. The molecule has 0 spiro atoms. The van der Waals surface area contributed by atoms with Crippen LogP contribution in [0.15, 0.2) is 45.8 Å². The average Bonchev–Trinajstić information content (AvgIpc) is 2.54.